The second-order valence-electron chi connectivity index (χ2n) is 12.0. The fourth-order valence-corrected chi connectivity index (χ4v) is 6.05. The van der Waals surface area contributed by atoms with Gasteiger partial charge in [0.2, 0.25) is 5.95 Å². The van der Waals surface area contributed by atoms with Gasteiger partial charge in [-0.3, -0.25) is 4.90 Å². The zero-order valence-corrected chi connectivity index (χ0v) is 23.0. The number of aromatic nitrogens is 3. The van der Waals surface area contributed by atoms with Gasteiger partial charge in [-0.05, 0) is 56.2 Å². The van der Waals surface area contributed by atoms with Gasteiger partial charge in [-0.2, -0.15) is 4.98 Å². The first-order chi connectivity index (χ1) is 17.0. The van der Waals surface area contributed by atoms with E-state index in [1.807, 2.05) is 37.9 Å². The molecule has 4 heterocycles. The largest absolute Gasteiger partial charge is 0.444 e. The molecule has 0 radical (unpaired) electrons. The number of fused-ring (bicyclic) bond motifs is 3. The third-order valence-corrected chi connectivity index (χ3v) is 8.00. The summed E-state index contributed by atoms with van der Waals surface area (Å²) in [6.45, 7) is 13.9. The zero-order chi connectivity index (χ0) is 25.7. The van der Waals surface area contributed by atoms with Gasteiger partial charge in [-0.15, -0.1) is 11.8 Å². The molecule has 1 N–H and O–H groups in total. The van der Waals surface area contributed by atoms with E-state index >= 15 is 0 Å². The van der Waals surface area contributed by atoms with E-state index in [4.69, 9.17) is 14.7 Å². The molecule has 0 saturated carbocycles. The van der Waals surface area contributed by atoms with Gasteiger partial charge in [-0.1, -0.05) is 45.0 Å². The lowest BCUT2D eigenvalue weighted by Gasteiger charge is -2.41. The second-order valence-corrected chi connectivity index (χ2v) is 12.9. The molecule has 2 unspecified atom stereocenters. The molecule has 0 aliphatic carbocycles. The minimum absolute atomic E-state index is 0.124. The van der Waals surface area contributed by atoms with Crippen molar-refractivity contribution in [2.75, 3.05) is 18.0 Å². The monoisotopic (exact) mass is 507 g/mol. The average molecular weight is 508 g/mol. The van der Waals surface area contributed by atoms with Crippen molar-refractivity contribution >= 4 is 34.8 Å². The maximum absolute atomic E-state index is 12.9. The SMILES string of the molecule is CC(C)(C)OC(=O)N1C2CCC1CN(c1nc(SCc3ccc(C(C)(C)C)cc3)c3cc[nH]c3n1)C2. The number of thioether (sulfide) groups is 1. The molecular formula is C28H37N5O2S. The third kappa shape index (κ3) is 5.19. The van der Waals surface area contributed by atoms with Crippen molar-refractivity contribution in [3.63, 3.8) is 0 Å². The maximum Gasteiger partial charge on any atom is 0.410 e. The molecule has 36 heavy (non-hydrogen) atoms. The van der Waals surface area contributed by atoms with E-state index in [2.05, 4.69) is 54.9 Å². The van der Waals surface area contributed by atoms with E-state index in [1.165, 1.54) is 11.1 Å². The van der Waals surface area contributed by atoms with Crippen LogP contribution in [0, 0.1) is 0 Å². The number of anilines is 1. The lowest BCUT2D eigenvalue weighted by Crippen LogP contribution is -2.57. The first-order valence-corrected chi connectivity index (χ1v) is 13.8. The van der Waals surface area contributed by atoms with E-state index in [1.54, 1.807) is 11.8 Å². The molecule has 2 aliphatic heterocycles. The van der Waals surface area contributed by atoms with Crippen LogP contribution in [-0.4, -0.2) is 56.7 Å². The van der Waals surface area contributed by atoms with Crippen molar-refractivity contribution in [2.45, 2.75) is 88.3 Å². The number of ether oxygens (including phenoxy) is 1. The van der Waals surface area contributed by atoms with Crippen LogP contribution >= 0.6 is 11.8 Å². The minimum atomic E-state index is -0.491. The normalized spacial score (nSPS) is 20.3. The number of aromatic amines is 1. The standard InChI is InChI=1S/C28H37N5O2S/c1-27(2,3)19-9-7-18(8-10-19)17-36-24-22-13-14-29-23(22)30-25(31-24)32-15-20-11-12-21(16-32)33(20)26(34)35-28(4,5)6/h7-10,13-14,20-21H,11-12,15-17H2,1-6H3,(H,29,30,31). The number of hydrogen-bond acceptors (Lipinski definition) is 6. The van der Waals surface area contributed by atoms with Crippen molar-refractivity contribution in [3.05, 3.63) is 47.7 Å². The number of nitrogens with zero attached hydrogens (tertiary/aromatic N) is 4. The quantitative estimate of drug-likeness (QED) is 0.338. The highest BCUT2D eigenvalue weighted by atomic mass is 32.2. The predicted octanol–water partition coefficient (Wildman–Crippen LogP) is 6.14. The number of carbonyl (C=O) groups is 1. The molecular weight excluding hydrogens is 470 g/mol. The number of hydrogen-bond donors (Lipinski definition) is 1. The maximum atomic E-state index is 12.9. The van der Waals surface area contributed by atoms with Crippen LogP contribution in [0.25, 0.3) is 11.0 Å². The molecule has 5 rings (SSSR count). The van der Waals surface area contributed by atoms with E-state index in [0.717, 1.165) is 53.7 Å². The highest BCUT2D eigenvalue weighted by Crippen LogP contribution is 2.35. The smallest absolute Gasteiger partial charge is 0.410 e. The Bertz CT molecular complexity index is 1230. The van der Waals surface area contributed by atoms with Crippen LogP contribution < -0.4 is 4.90 Å². The Morgan fingerprint density at radius 2 is 1.69 bits per heavy atom. The van der Waals surface area contributed by atoms with Crippen LogP contribution in [0.2, 0.25) is 0 Å². The number of benzene rings is 1. The lowest BCUT2D eigenvalue weighted by molar-refractivity contribution is 0.0122. The van der Waals surface area contributed by atoms with Crippen molar-refractivity contribution in [3.8, 4) is 0 Å². The van der Waals surface area contributed by atoms with Crippen molar-refractivity contribution in [1.82, 2.24) is 19.9 Å². The van der Waals surface area contributed by atoms with Gasteiger partial charge in [0.1, 0.15) is 16.3 Å². The van der Waals surface area contributed by atoms with Gasteiger partial charge in [-0.25, -0.2) is 9.78 Å². The van der Waals surface area contributed by atoms with E-state index in [9.17, 15) is 4.79 Å². The Hall–Kier alpha value is -2.74. The summed E-state index contributed by atoms with van der Waals surface area (Å²) in [6, 6.07) is 11.2. The van der Waals surface area contributed by atoms with Crippen molar-refractivity contribution in [1.29, 1.82) is 0 Å². The van der Waals surface area contributed by atoms with Gasteiger partial charge in [0.25, 0.3) is 0 Å². The number of H-pyrrole nitrogens is 1. The molecule has 2 fully saturated rings. The van der Waals surface area contributed by atoms with E-state index in [0.29, 0.717) is 0 Å². The summed E-state index contributed by atoms with van der Waals surface area (Å²) in [5.74, 6) is 1.58. The highest BCUT2D eigenvalue weighted by molar-refractivity contribution is 7.98. The molecule has 2 atom stereocenters. The fourth-order valence-electron chi connectivity index (χ4n) is 5.08. The Balaban J connectivity index is 1.33. The first kappa shape index (κ1) is 24.9. The number of nitrogens with one attached hydrogen (secondary N) is 1. The summed E-state index contributed by atoms with van der Waals surface area (Å²) >= 11 is 1.75. The number of carbonyl (C=O) groups excluding carboxylic acids is 1. The summed E-state index contributed by atoms with van der Waals surface area (Å²) in [5, 5.41) is 2.03. The van der Waals surface area contributed by atoms with E-state index < -0.39 is 5.60 Å². The van der Waals surface area contributed by atoms with E-state index in [-0.39, 0.29) is 23.6 Å². The van der Waals surface area contributed by atoms with Gasteiger partial charge in [0.05, 0.1) is 17.5 Å². The number of rotatable bonds is 4. The Morgan fingerprint density at radius 3 is 2.31 bits per heavy atom. The second kappa shape index (κ2) is 9.29. The van der Waals surface area contributed by atoms with Crippen LogP contribution in [-0.2, 0) is 15.9 Å². The molecule has 1 aromatic carbocycles. The first-order valence-electron chi connectivity index (χ1n) is 12.8. The van der Waals surface area contributed by atoms with Gasteiger partial charge in [0, 0.05) is 25.0 Å². The summed E-state index contributed by atoms with van der Waals surface area (Å²) in [7, 11) is 0. The number of piperazine rings is 1. The van der Waals surface area contributed by atoms with Crippen LogP contribution in [0.5, 0.6) is 0 Å². The van der Waals surface area contributed by atoms with Gasteiger partial charge < -0.3 is 14.6 Å². The van der Waals surface area contributed by atoms with Crippen LogP contribution in [0.3, 0.4) is 0 Å². The minimum Gasteiger partial charge on any atom is -0.444 e. The van der Waals surface area contributed by atoms with Gasteiger partial charge in [0.15, 0.2) is 0 Å². The molecule has 2 saturated heterocycles. The highest BCUT2D eigenvalue weighted by Gasteiger charge is 2.45. The summed E-state index contributed by atoms with van der Waals surface area (Å²) in [4.78, 5) is 30.2. The molecule has 3 aromatic rings. The Kier molecular flexibility index (Phi) is 6.43. The molecule has 1 amide bonds. The molecule has 192 valence electrons. The Morgan fingerprint density at radius 1 is 1.03 bits per heavy atom. The van der Waals surface area contributed by atoms with Crippen LogP contribution in [0.4, 0.5) is 10.7 Å². The molecule has 7 nitrogen and oxygen atoms in total. The lowest BCUT2D eigenvalue weighted by atomic mass is 9.87. The Labute approximate surface area is 218 Å². The van der Waals surface area contributed by atoms with Crippen LogP contribution in [0.15, 0.2) is 41.6 Å². The third-order valence-electron chi connectivity index (χ3n) is 6.93. The molecule has 0 spiro atoms. The zero-order valence-electron chi connectivity index (χ0n) is 22.2. The average Bonchev–Trinajstić information content (AvgIpc) is 3.38. The molecule has 2 aromatic heterocycles. The van der Waals surface area contributed by atoms with Crippen molar-refractivity contribution in [2.24, 2.45) is 0 Å². The summed E-state index contributed by atoms with van der Waals surface area (Å²) < 4.78 is 5.69. The summed E-state index contributed by atoms with van der Waals surface area (Å²) in [5.41, 5.74) is 3.13. The number of amides is 1. The molecule has 2 aliphatic rings. The fraction of sp³-hybridized carbons (Fsp3) is 0.536. The predicted molar refractivity (Wildman–Crippen MR) is 146 cm³/mol. The van der Waals surface area contributed by atoms with Crippen LogP contribution in [0.1, 0.15) is 65.5 Å². The van der Waals surface area contributed by atoms with Gasteiger partial charge >= 0.3 is 6.09 Å². The van der Waals surface area contributed by atoms with Crippen molar-refractivity contribution < 1.29 is 9.53 Å². The summed E-state index contributed by atoms with van der Waals surface area (Å²) in [6.07, 6.45) is 3.69. The molecule has 2 bridgehead atoms. The topological polar surface area (TPSA) is 74.3 Å². The molecule has 8 heteroatoms.